The van der Waals surface area contributed by atoms with Crippen LogP contribution in [0.25, 0.3) is 0 Å². The highest BCUT2D eigenvalue weighted by molar-refractivity contribution is 5.87. The second-order valence-corrected chi connectivity index (χ2v) is 7.57. The summed E-state index contributed by atoms with van der Waals surface area (Å²) >= 11 is 0. The fraction of sp³-hybridized carbons (Fsp3) is 0.875. The molecule has 0 bridgehead atoms. The van der Waals surface area contributed by atoms with Gasteiger partial charge in [-0.1, -0.05) is 33.6 Å². The summed E-state index contributed by atoms with van der Waals surface area (Å²) in [6.45, 7) is 6.76. The summed E-state index contributed by atoms with van der Waals surface area (Å²) in [6.07, 6.45) is 4.74. The normalized spacial score (nSPS) is 29.7. The molecule has 0 radical (unpaired) electrons. The third-order valence-electron chi connectivity index (χ3n) is 4.86. The van der Waals surface area contributed by atoms with E-state index in [4.69, 9.17) is 0 Å². The maximum absolute atomic E-state index is 12.2. The molecule has 2 atom stereocenters. The molecule has 5 nitrogen and oxygen atoms in total. The van der Waals surface area contributed by atoms with Crippen LogP contribution >= 0.6 is 0 Å². The van der Waals surface area contributed by atoms with Crippen LogP contribution in [0.2, 0.25) is 0 Å². The number of carbonyl (C=O) groups is 2. The monoisotopic (exact) mass is 296 g/mol. The highest BCUT2D eigenvalue weighted by atomic mass is 16.3. The van der Waals surface area contributed by atoms with E-state index in [0.29, 0.717) is 19.5 Å². The lowest BCUT2D eigenvalue weighted by Crippen LogP contribution is -2.56. The van der Waals surface area contributed by atoms with E-state index in [1.54, 1.807) is 4.90 Å². The molecule has 120 valence electrons. The number of nitrogens with zero attached hydrogens (tertiary/aromatic N) is 1. The molecule has 0 aromatic carbocycles. The summed E-state index contributed by atoms with van der Waals surface area (Å²) in [5.41, 5.74) is -1.05. The minimum atomic E-state index is -0.566. The third kappa shape index (κ3) is 3.76. The highest BCUT2D eigenvalue weighted by Crippen LogP contribution is 2.39. The van der Waals surface area contributed by atoms with Gasteiger partial charge in [-0.2, -0.15) is 0 Å². The molecule has 2 rings (SSSR count). The lowest BCUT2D eigenvalue weighted by molar-refractivity contribution is -0.144. The summed E-state index contributed by atoms with van der Waals surface area (Å²) in [5, 5.41) is 13.3. The molecule has 2 amide bonds. The molecule has 5 heteroatoms. The van der Waals surface area contributed by atoms with Crippen molar-refractivity contribution in [1.29, 1.82) is 0 Å². The highest BCUT2D eigenvalue weighted by Gasteiger charge is 2.43. The van der Waals surface area contributed by atoms with Gasteiger partial charge in [0.05, 0.1) is 12.1 Å². The number of hydrogen-bond donors (Lipinski definition) is 2. The molecule has 2 N–H and O–H groups in total. The van der Waals surface area contributed by atoms with Crippen molar-refractivity contribution in [3.63, 3.8) is 0 Å². The van der Waals surface area contributed by atoms with Crippen LogP contribution < -0.4 is 5.32 Å². The first kappa shape index (κ1) is 16.3. The largest absolute Gasteiger partial charge is 0.389 e. The van der Waals surface area contributed by atoms with Crippen LogP contribution in [-0.2, 0) is 9.59 Å². The molecule has 0 spiro atoms. The van der Waals surface area contributed by atoms with E-state index >= 15 is 0 Å². The quantitative estimate of drug-likeness (QED) is 0.807. The maximum Gasteiger partial charge on any atom is 0.241 e. The van der Waals surface area contributed by atoms with Gasteiger partial charge >= 0.3 is 0 Å². The molecule has 2 fully saturated rings. The van der Waals surface area contributed by atoms with Crippen molar-refractivity contribution < 1.29 is 14.7 Å². The fourth-order valence-corrected chi connectivity index (χ4v) is 3.33. The Balaban J connectivity index is 1.86. The van der Waals surface area contributed by atoms with Crippen LogP contribution in [-0.4, -0.2) is 47.1 Å². The Bertz CT molecular complexity index is 416. The number of likely N-dealkylation sites (tertiary alicyclic amines) is 1. The molecule has 1 heterocycles. The van der Waals surface area contributed by atoms with Gasteiger partial charge in [-0.05, 0) is 19.3 Å². The molecule has 1 saturated carbocycles. The Morgan fingerprint density at radius 2 is 2.00 bits per heavy atom. The van der Waals surface area contributed by atoms with Crippen LogP contribution in [0, 0.1) is 11.3 Å². The van der Waals surface area contributed by atoms with Gasteiger partial charge in [-0.15, -0.1) is 0 Å². The van der Waals surface area contributed by atoms with E-state index in [0.717, 1.165) is 25.7 Å². The van der Waals surface area contributed by atoms with Crippen LogP contribution in [0.4, 0.5) is 0 Å². The zero-order chi connectivity index (χ0) is 15.7. The minimum absolute atomic E-state index is 0.0415. The summed E-state index contributed by atoms with van der Waals surface area (Å²) < 4.78 is 0. The molecule has 21 heavy (non-hydrogen) atoms. The van der Waals surface area contributed by atoms with Crippen molar-refractivity contribution in [3.8, 4) is 0 Å². The van der Waals surface area contributed by atoms with Crippen molar-refractivity contribution >= 4 is 11.8 Å². The van der Waals surface area contributed by atoms with Crippen molar-refractivity contribution in [3.05, 3.63) is 0 Å². The second kappa shape index (κ2) is 5.95. The van der Waals surface area contributed by atoms with Gasteiger partial charge in [0.15, 0.2) is 0 Å². The predicted octanol–water partition coefficient (Wildman–Crippen LogP) is 1.30. The van der Waals surface area contributed by atoms with Crippen molar-refractivity contribution in [2.45, 2.75) is 58.5 Å². The van der Waals surface area contributed by atoms with Gasteiger partial charge < -0.3 is 15.3 Å². The van der Waals surface area contributed by atoms with E-state index in [-0.39, 0.29) is 24.3 Å². The molecule has 2 unspecified atom stereocenters. The smallest absolute Gasteiger partial charge is 0.241 e. The Hall–Kier alpha value is -1.10. The number of rotatable bonds is 2. The average Bonchev–Trinajstić information content (AvgIpc) is 2.42. The first-order valence-corrected chi connectivity index (χ1v) is 8.01. The van der Waals surface area contributed by atoms with Crippen LogP contribution in [0.1, 0.15) is 52.9 Å². The lowest BCUT2D eigenvalue weighted by Gasteiger charge is -2.47. The SMILES string of the molecule is CC(C)(C)C(=O)NCC(=O)N1CCC2(O)CCCCC2C1. The fourth-order valence-electron chi connectivity index (χ4n) is 3.33. The van der Waals surface area contributed by atoms with Gasteiger partial charge in [0.1, 0.15) is 0 Å². The molecule has 0 aromatic rings. The van der Waals surface area contributed by atoms with Crippen molar-refractivity contribution in [1.82, 2.24) is 10.2 Å². The molecular formula is C16H28N2O3. The van der Waals surface area contributed by atoms with Crippen molar-refractivity contribution in [2.24, 2.45) is 11.3 Å². The van der Waals surface area contributed by atoms with Crippen LogP contribution in [0.5, 0.6) is 0 Å². The molecule has 0 aromatic heterocycles. The van der Waals surface area contributed by atoms with E-state index in [1.807, 2.05) is 20.8 Å². The zero-order valence-corrected chi connectivity index (χ0v) is 13.4. The molecule has 1 aliphatic heterocycles. The Kier molecular flexibility index (Phi) is 4.61. The third-order valence-corrected chi connectivity index (χ3v) is 4.86. The van der Waals surface area contributed by atoms with E-state index in [2.05, 4.69) is 5.32 Å². The van der Waals surface area contributed by atoms with Gasteiger partial charge in [0.25, 0.3) is 0 Å². The summed E-state index contributed by atoms with van der Waals surface area (Å²) in [5.74, 6) is 0.0459. The van der Waals surface area contributed by atoms with E-state index in [9.17, 15) is 14.7 Å². The Labute approximate surface area is 127 Å². The van der Waals surface area contributed by atoms with Gasteiger partial charge in [-0.25, -0.2) is 0 Å². The predicted molar refractivity (Wildman–Crippen MR) is 80.6 cm³/mol. The topological polar surface area (TPSA) is 69.6 Å². The first-order valence-electron chi connectivity index (χ1n) is 8.01. The van der Waals surface area contributed by atoms with Crippen LogP contribution in [0.15, 0.2) is 0 Å². The number of aliphatic hydroxyl groups is 1. The minimum Gasteiger partial charge on any atom is -0.389 e. The second-order valence-electron chi connectivity index (χ2n) is 7.57. The molecular weight excluding hydrogens is 268 g/mol. The first-order chi connectivity index (χ1) is 9.72. The number of carbonyl (C=O) groups excluding carboxylic acids is 2. The Morgan fingerprint density at radius 3 is 2.67 bits per heavy atom. The number of hydrogen-bond acceptors (Lipinski definition) is 3. The molecule has 1 saturated heterocycles. The lowest BCUT2D eigenvalue weighted by atomic mass is 9.71. The van der Waals surface area contributed by atoms with E-state index < -0.39 is 11.0 Å². The van der Waals surface area contributed by atoms with E-state index in [1.165, 1.54) is 0 Å². The number of nitrogens with one attached hydrogen (secondary N) is 1. The summed E-state index contributed by atoms with van der Waals surface area (Å²) in [4.78, 5) is 25.8. The number of piperidine rings is 1. The number of amides is 2. The van der Waals surface area contributed by atoms with Gasteiger partial charge in [-0.3, -0.25) is 9.59 Å². The van der Waals surface area contributed by atoms with Crippen molar-refractivity contribution in [2.75, 3.05) is 19.6 Å². The zero-order valence-electron chi connectivity index (χ0n) is 13.4. The van der Waals surface area contributed by atoms with Gasteiger partial charge in [0, 0.05) is 24.4 Å². The Morgan fingerprint density at radius 1 is 1.29 bits per heavy atom. The van der Waals surface area contributed by atoms with Crippen LogP contribution in [0.3, 0.4) is 0 Å². The summed E-state index contributed by atoms with van der Waals surface area (Å²) in [7, 11) is 0. The maximum atomic E-state index is 12.2. The standard InChI is InChI=1S/C16H28N2O3/c1-15(2,3)14(20)17-10-13(19)18-9-8-16(21)7-5-4-6-12(16)11-18/h12,21H,4-11H2,1-3H3,(H,17,20). The molecule has 2 aliphatic rings. The average molecular weight is 296 g/mol. The molecule has 1 aliphatic carbocycles. The van der Waals surface area contributed by atoms with Gasteiger partial charge in [0.2, 0.25) is 11.8 Å². The number of fused-ring (bicyclic) bond motifs is 1. The summed E-state index contributed by atoms with van der Waals surface area (Å²) in [6, 6.07) is 0.